The van der Waals surface area contributed by atoms with Crippen LogP contribution in [0.1, 0.15) is 0 Å². The summed E-state index contributed by atoms with van der Waals surface area (Å²) in [6.45, 7) is 0. The van der Waals surface area contributed by atoms with Gasteiger partial charge in [-0.2, -0.15) is 0 Å². The van der Waals surface area contributed by atoms with Crippen LogP contribution in [0.4, 0.5) is 0 Å². The Morgan fingerprint density at radius 1 is 0.621 bits per heavy atom. The van der Waals surface area contributed by atoms with Crippen LogP contribution >= 0.6 is 6.04 Å². The predicted molar refractivity (Wildman–Crippen MR) is 127 cm³/mol. The maximum Gasteiger partial charge on any atom is 0.137 e. The summed E-state index contributed by atoms with van der Waals surface area (Å²) in [6, 6.07) is 35.1. The normalized spacial score (nSPS) is 11.6. The second kappa shape index (κ2) is 7.44. The molecule has 0 aliphatic rings. The van der Waals surface area contributed by atoms with Crippen molar-refractivity contribution in [3.8, 4) is 11.3 Å². The summed E-state index contributed by atoms with van der Waals surface area (Å²) in [7, 11) is 0. The molecule has 2 nitrogen and oxygen atoms in total. The van der Waals surface area contributed by atoms with Crippen LogP contribution in [-0.4, -0.2) is 9.38 Å². The summed E-state index contributed by atoms with van der Waals surface area (Å²) in [4.78, 5) is 5.02. The molecule has 0 radical (unpaired) electrons. The quantitative estimate of drug-likeness (QED) is 0.398. The Kier molecular flexibility index (Phi) is 4.63. The maximum atomic E-state index is 6.62. The first kappa shape index (κ1) is 18.1. The van der Waals surface area contributed by atoms with Gasteiger partial charge in [-0.15, -0.1) is 0 Å². The maximum absolute atomic E-state index is 6.62. The van der Waals surface area contributed by atoms with Crippen molar-refractivity contribution in [3.05, 3.63) is 115 Å². The summed E-state index contributed by atoms with van der Waals surface area (Å²) in [5.74, 6) is 0. The van der Waals surface area contributed by atoms with Crippen LogP contribution in [0.25, 0.3) is 16.9 Å². The molecule has 4 heteroatoms. The third kappa shape index (κ3) is 3.04. The predicted octanol–water partition coefficient (Wildman–Crippen LogP) is 4.76. The number of imidazole rings is 1. The lowest BCUT2D eigenvalue weighted by molar-refractivity contribution is 1.22. The number of hydrogen-bond acceptors (Lipinski definition) is 2. The van der Waals surface area contributed by atoms with E-state index in [2.05, 4.69) is 83.4 Å². The van der Waals surface area contributed by atoms with Crippen molar-refractivity contribution < 1.29 is 0 Å². The Bertz CT molecular complexity index is 1270. The highest BCUT2D eigenvalue weighted by molar-refractivity contribution is 8.25. The molecule has 140 valence electrons. The van der Waals surface area contributed by atoms with Crippen LogP contribution in [0.5, 0.6) is 0 Å². The van der Waals surface area contributed by atoms with Crippen LogP contribution in [0.2, 0.25) is 0 Å². The van der Waals surface area contributed by atoms with E-state index in [1.807, 2.05) is 36.4 Å². The molecule has 5 rings (SSSR count). The zero-order chi connectivity index (χ0) is 19.7. The summed E-state index contributed by atoms with van der Waals surface area (Å²) >= 11 is 6.62. The fraction of sp³-hybridized carbons (Fsp3) is 0. The number of pyridine rings is 1. The minimum absolute atomic E-state index is 0.919. The van der Waals surface area contributed by atoms with E-state index in [1.54, 1.807) is 0 Å². The van der Waals surface area contributed by atoms with Gasteiger partial charge in [-0.3, -0.25) is 4.40 Å². The van der Waals surface area contributed by atoms with E-state index in [0.717, 1.165) is 22.3 Å². The highest BCUT2D eigenvalue weighted by Gasteiger charge is 2.31. The number of rotatable bonds is 4. The summed E-state index contributed by atoms with van der Waals surface area (Å²) in [6.07, 6.45) is 2.08. The number of fused-ring (bicyclic) bond motifs is 1. The van der Waals surface area contributed by atoms with E-state index in [9.17, 15) is 0 Å². The topological polar surface area (TPSA) is 17.3 Å². The van der Waals surface area contributed by atoms with Crippen LogP contribution < -0.4 is 16.0 Å². The Morgan fingerprint density at radius 3 is 1.72 bits per heavy atom. The van der Waals surface area contributed by atoms with Gasteiger partial charge in [-0.1, -0.05) is 109 Å². The minimum atomic E-state index is -2.34. The standard InChI is InChI=1S/C25H19N2PS/c29-28(21-14-6-2-7-15-21,22-16-8-3-9-17-22)25-24(20-12-4-1-5-13-20)26-23-18-10-11-19-27(23)25/h1-19H. The van der Waals surface area contributed by atoms with E-state index in [0.29, 0.717) is 0 Å². The molecule has 0 saturated carbocycles. The molecule has 0 aliphatic carbocycles. The zero-order valence-electron chi connectivity index (χ0n) is 15.7. The highest BCUT2D eigenvalue weighted by Crippen LogP contribution is 2.45. The first-order valence-electron chi connectivity index (χ1n) is 9.53. The van der Waals surface area contributed by atoms with E-state index in [-0.39, 0.29) is 0 Å². The van der Waals surface area contributed by atoms with Crippen molar-refractivity contribution in [2.45, 2.75) is 0 Å². The largest absolute Gasteiger partial charge is 0.298 e. The molecule has 3 aromatic carbocycles. The van der Waals surface area contributed by atoms with Gasteiger partial charge in [-0.05, 0) is 22.7 Å². The van der Waals surface area contributed by atoms with Gasteiger partial charge in [0, 0.05) is 11.8 Å². The van der Waals surface area contributed by atoms with E-state index in [1.165, 1.54) is 10.6 Å². The Labute approximate surface area is 175 Å². The van der Waals surface area contributed by atoms with Crippen molar-refractivity contribution in [2.24, 2.45) is 0 Å². The smallest absolute Gasteiger partial charge is 0.137 e. The van der Waals surface area contributed by atoms with E-state index in [4.69, 9.17) is 16.8 Å². The molecule has 0 unspecified atom stereocenters. The Balaban J connectivity index is 1.92. The average molecular weight is 410 g/mol. The van der Waals surface area contributed by atoms with Gasteiger partial charge >= 0.3 is 0 Å². The molecule has 0 saturated heterocycles. The van der Waals surface area contributed by atoms with Crippen molar-refractivity contribution in [3.63, 3.8) is 0 Å². The number of nitrogens with zero attached hydrogens (tertiary/aromatic N) is 2. The van der Waals surface area contributed by atoms with Crippen LogP contribution in [0, 0.1) is 0 Å². The molecule has 0 N–H and O–H groups in total. The fourth-order valence-electron chi connectivity index (χ4n) is 3.74. The van der Waals surface area contributed by atoms with Crippen LogP contribution in [0.3, 0.4) is 0 Å². The van der Waals surface area contributed by atoms with E-state index < -0.39 is 6.04 Å². The summed E-state index contributed by atoms with van der Waals surface area (Å²) < 4.78 is 2.18. The number of aromatic nitrogens is 2. The monoisotopic (exact) mass is 410 g/mol. The van der Waals surface area contributed by atoms with Gasteiger partial charge in [0.05, 0.1) is 17.2 Å². The molecule has 0 spiro atoms. The molecular weight excluding hydrogens is 391 g/mol. The van der Waals surface area contributed by atoms with Crippen molar-refractivity contribution >= 4 is 39.5 Å². The van der Waals surface area contributed by atoms with Crippen molar-refractivity contribution in [2.75, 3.05) is 0 Å². The molecule has 0 bridgehead atoms. The fourth-order valence-corrected chi connectivity index (χ4v) is 7.92. The molecule has 2 aromatic heterocycles. The third-order valence-electron chi connectivity index (χ3n) is 5.09. The first-order valence-corrected chi connectivity index (χ1v) is 12.3. The summed E-state index contributed by atoms with van der Waals surface area (Å²) in [5, 5.41) is 2.34. The molecule has 2 heterocycles. The van der Waals surface area contributed by atoms with Crippen molar-refractivity contribution in [1.29, 1.82) is 0 Å². The Morgan fingerprint density at radius 2 is 1.14 bits per heavy atom. The van der Waals surface area contributed by atoms with Crippen LogP contribution in [0.15, 0.2) is 115 Å². The van der Waals surface area contributed by atoms with Gasteiger partial charge in [0.25, 0.3) is 0 Å². The second-order valence-electron chi connectivity index (χ2n) is 6.86. The number of benzene rings is 3. The SMILES string of the molecule is S=P(c1ccccc1)(c1ccccc1)c1c(-c2ccccc2)nc2ccccn12. The molecular formula is C25H19N2PS. The molecule has 0 aliphatic heterocycles. The van der Waals surface area contributed by atoms with Gasteiger partial charge in [0.2, 0.25) is 0 Å². The van der Waals surface area contributed by atoms with Gasteiger partial charge in [0.15, 0.2) is 0 Å². The third-order valence-corrected chi connectivity index (χ3v) is 9.95. The summed E-state index contributed by atoms with van der Waals surface area (Å²) in [5.41, 5.74) is 4.08. The molecule has 29 heavy (non-hydrogen) atoms. The lowest BCUT2D eigenvalue weighted by Gasteiger charge is -2.24. The lowest BCUT2D eigenvalue weighted by Crippen LogP contribution is -2.28. The highest BCUT2D eigenvalue weighted by atomic mass is 32.4. The van der Waals surface area contributed by atoms with Crippen LogP contribution in [-0.2, 0) is 11.8 Å². The Hall–Kier alpha value is -3.00. The van der Waals surface area contributed by atoms with Gasteiger partial charge < -0.3 is 0 Å². The number of hydrogen-bond donors (Lipinski definition) is 0. The zero-order valence-corrected chi connectivity index (χ0v) is 17.4. The van der Waals surface area contributed by atoms with Crippen molar-refractivity contribution in [1.82, 2.24) is 9.38 Å². The minimum Gasteiger partial charge on any atom is -0.298 e. The lowest BCUT2D eigenvalue weighted by atomic mass is 10.2. The molecule has 0 amide bonds. The van der Waals surface area contributed by atoms with Gasteiger partial charge in [0.1, 0.15) is 5.65 Å². The average Bonchev–Trinajstić information content (AvgIpc) is 3.20. The second-order valence-corrected chi connectivity index (χ2v) is 11.2. The first-order chi connectivity index (χ1) is 14.3. The molecule has 0 atom stereocenters. The van der Waals surface area contributed by atoms with Gasteiger partial charge in [-0.25, -0.2) is 4.98 Å². The molecule has 0 fully saturated rings. The molecule has 5 aromatic rings. The van der Waals surface area contributed by atoms with E-state index >= 15 is 0 Å².